The highest BCUT2D eigenvalue weighted by Crippen LogP contribution is 2.27. The minimum absolute atomic E-state index is 0.166. The quantitative estimate of drug-likeness (QED) is 0.774. The number of carbonyl (C=O) groups excluding carboxylic acids is 2. The van der Waals surface area contributed by atoms with Gasteiger partial charge in [0, 0.05) is 38.3 Å². The van der Waals surface area contributed by atoms with Crippen LogP contribution in [0.25, 0.3) is 0 Å². The third-order valence-electron chi connectivity index (χ3n) is 5.19. The van der Waals surface area contributed by atoms with Crippen LogP contribution in [0.1, 0.15) is 56.3 Å². The van der Waals surface area contributed by atoms with E-state index in [1.54, 1.807) is 18.3 Å². The van der Waals surface area contributed by atoms with Gasteiger partial charge < -0.3 is 14.5 Å². The van der Waals surface area contributed by atoms with Gasteiger partial charge in [0.1, 0.15) is 11.4 Å². The lowest BCUT2D eigenvalue weighted by Crippen LogP contribution is -2.51. The second-order valence-corrected chi connectivity index (χ2v) is 7.48. The van der Waals surface area contributed by atoms with Gasteiger partial charge in [0.05, 0.1) is 6.10 Å². The summed E-state index contributed by atoms with van der Waals surface area (Å²) in [6.07, 6.45) is 7.19. The van der Waals surface area contributed by atoms with Gasteiger partial charge in [-0.15, -0.1) is 0 Å². The second-order valence-electron chi connectivity index (χ2n) is 7.48. The summed E-state index contributed by atoms with van der Waals surface area (Å²) in [5.74, 6) is 0.832. The lowest BCUT2D eigenvalue weighted by molar-refractivity contribution is -0.136. The van der Waals surface area contributed by atoms with Gasteiger partial charge in [0.25, 0.3) is 0 Å². The predicted octanol–water partition coefficient (Wildman–Crippen LogP) is 2.88. The number of anilines is 1. The minimum atomic E-state index is -0.344. The van der Waals surface area contributed by atoms with Crippen LogP contribution in [0.5, 0.6) is 0 Å². The van der Waals surface area contributed by atoms with Gasteiger partial charge in [-0.3, -0.25) is 4.79 Å². The molecule has 1 aliphatic carbocycles. The summed E-state index contributed by atoms with van der Waals surface area (Å²) < 4.78 is 5.34. The Bertz CT molecular complexity index is 633. The van der Waals surface area contributed by atoms with Gasteiger partial charge in [0.2, 0.25) is 5.91 Å². The van der Waals surface area contributed by atoms with Crippen LogP contribution in [0.3, 0.4) is 0 Å². The van der Waals surface area contributed by atoms with Gasteiger partial charge in [-0.05, 0) is 38.8 Å². The number of piperazine rings is 1. The molecule has 0 unspecified atom stereocenters. The standard InChI is InChI=1S/C20H29N3O3/c1-15(2)26-20(25)17-9-6-10-21-18(17)22-11-13-23(14-12-22)19(24)16-7-4-3-5-8-16/h6,9-10,15-16H,3-5,7-8,11-14H2,1-2H3. The fourth-order valence-electron chi connectivity index (χ4n) is 3.83. The maximum Gasteiger partial charge on any atom is 0.342 e. The van der Waals surface area contributed by atoms with Crippen molar-refractivity contribution in [1.29, 1.82) is 0 Å². The summed E-state index contributed by atoms with van der Waals surface area (Å²) in [7, 11) is 0. The van der Waals surface area contributed by atoms with E-state index in [1.165, 1.54) is 19.3 Å². The monoisotopic (exact) mass is 359 g/mol. The van der Waals surface area contributed by atoms with Crippen molar-refractivity contribution < 1.29 is 14.3 Å². The van der Waals surface area contributed by atoms with Crippen LogP contribution in [-0.2, 0) is 9.53 Å². The zero-order chi connectivity index (χ0) is 18.5. The van der Waals surface area contributed by atoms with Crippen LogP contribution in [0, 0.1) is 5.92 Å². The van der Waals surface area contributed by atoms with Crippen LogP contribution in [0.15, 0.2) is 18.3 Å². The van der Waals surface area contributed by atoms with Crippen molar-refractivity contribution in [2.45, 2.75) is 52.1 Å². The van der Waals surface area contributed by atoms with Crippen LogP contribution in [0.4, 0.5) is 5.82 Å². The first kappa shape index (κ1) is 18.7. The molecule has 0 bridgehead atoms. The van der Waals surface area contributed by atoms with Crippen molar-refractivity contribution in [2.75, 3.05) is 31.1 Å². The lowest BCUT2D eigenvalue weighted by Gasteiger charge is -2.38. The molecule has 0 aromatic carbocycles. The molecule has 0 atom stereocenters. The molecule has 1 aromatic heterocycles. The van der Waals surface area contributed by atoms with Crippen LogP contribution in [0.2, 0.25) is 0 Å². The number of pyridine rings is 1. The molecule has 142 valence electrons. The molecule has 2 fully saturated rings. The molecule has 6 nitrogen and oxygen atoms in total. The third kappa shape index (κ3) is 4.34. The largest absolute Gasteiger partial charge is 0.459 e. The molecule has 26 heavy (non-hydrogen) atoms. The summed E-state index contributed by atoms with van der Waals surface area (Å²) in [6, 6.07) is 3.51. The molecule has 0 radical (unpaired) electrons. The molecule has 0 spiro atoms. The van der Waals surface area contributed by atoms with E-state index >= 15 is 0 Å². The highest BCUT2D eigenvalue weighted by atomic mass is 16.5. The Morgan fingerprint density at radius 1 is 1.12 bits per heavy atom. The van der Waals surface area contributed by atoms with Gasteiger partial charge in [-0.2, -0.15) is 0 Å². The Morgan fingerprint density at radius 3 is 2.46 bits per heavy atom. The van der Waals surface area contributed by atoms with Crippen LogP contribution in [-0.4, -0.2) is 54.0 Å². The molecule has 0 N–H and O–H groups in total. The third-order valence-corrected chi connectivity index (χ3v) is 5.19. The molecule has 1 amide bonds. The van der Waals surface area contributed by atoms with E-state index in [0.717, 1.165) is 12.8 Å². The van der Waals surface area contributed by atoms with Gasteiger partial charge in [-0.25, -0.2) is 9.78 Å². The number of carbonyl (C=O) groups is 2. The molecule has 2 aliphatic rings. The van der Waals surface area contributed by atoms with Crippen molar-refractivity contribution in [3.63, 3.8) is 0 Å². The molecule has 6 heteroatoms. The molecule has 3 rings (SSSR count). The predicted molar refractivity (Wildman–Crippen MR) is 100 cm³/mol. The van der Waals surface area contributed by atoms with Crippen LogP contribution >= 0.6 is 0 Å². The molecule has 1 saturated heterocycles. The van der Waals surface area contributed by atoms with E-state index in [2.05, 4.69) is 9.88 Å². The number of amides is 1. The number of aromatic nitrogens is 1. The minimum Gasteiger partial charge on any atom is -0.459 e. The Balaban J connectivity index is 1.63. The van der Waals surface area contributed by atoms with E-state index in [9.17, 15) is 9.59 Å². The summed E-state index contributed by atoms with van der Waals surface area (Å²) in [4.78, 5) is 33.5. The molecule has 1 saturated carbocycles. The summed E-state index contributed by atoms with van der Waals surface area (Å²) in [6.45, 7) is 6.43. The average molecular weight is 359 g/mol. The number of rotatable bonds is 4. The van der Waals surface area contributed by atoms with Gasteiger partial charge >= 0.3 is 5.97 Å². The summed E-state index contributed by atoms with van der Waals surface area (Å²) in [5, 5.41) is 0. The maximum absolute atomic E-state index is 12.7. The normalized spacial score (nSPS) is 18.9. The molecule has 2 heterocycles. The van der Waals surface area contributed by atoms with E-state index in [1.807, 2.05) is 18.7 Å². The first-order valence-corrected chi connectivity index (χ1v) is 9.76. The smallest absolute Gasteiger partial charge is 0.342 e. The Kier molecular flexibility index (Phi) is 6.12. The zero-order valence-corrected chi connectivity index (χ0v) is 15.8. The Morgan fingerprint density at radius 2 is 1.81 bits per heavy atom. The number of esters is 1. The number of hydrogen-bond donors (Lipinski definition) is 0. The molecular formula is C20H29N3O3. The Hall–Kier alpha value is -2.11. The SMILES string of the molecule is CC(C)OC(=O)c1cccnc1N1CCN(C(=O)C2CCCCC2)CC1. The van der Waals surface area contributed by atoms with Crippen molar-refractivity contribution in [1.82, 2.24) is 9.88 Å². The Labute approximate surface area is 155 Å². The molecular weight excluding hydrogens is 330 g/mol. The fourth-order valence-corrected chi connectivity index (χ4v) is 3.83. The number of nitrogens with zero attached hydrogens (tertiary/aromatic N) is 3. The van der Waals surface area contributed by atoms with Crippen molar-refractivity contribution in [2.24, 2.45) is 5.92 Å². The highest BCUT2D eigenvalue weighted by molar-refractivity contribution is 5.95. The van der Waals surface area contributed by atoms with Crippen LogP contribution < -0.4 is 4.90 Å². The number of ether oxygens (including phenoxy) is 1. The van der Waals surface area contributed by atoms with Crippen molar-refractivity contribution in [3.05, 3.63) is 23.9 Å². The van der Waals surface area contributed by atoms with E-state index < -0.39 is 0 Å². The van der Waals surface area contributed by atoms with E-state index in [4.69, 9.17) is 4.74 Å². The highest BCUT2D eigenvalue weighted by Gasteiger charge is 2.30. The first-order valence-electron chi connectivity index (χ1n) is 9.76. The maximum atomic E-state index is 12.7. The first-order chi connectivity index (χ1) is 12.6. The molecule has 1 aromatic rings. The topological polar surface area (TPSA) is 62.7 Å². The van der Waals surface area contributed by atoms with Crippen molar-refractivity contribution >= 4 is 17.7 Å². The molecule has 1 aliphatic heterocycles. The second kappa shape index (κ2) is 8.52. The van der Waals surface area contributed by atoms with E-state index in [0.29, 0.717) is 43.5 Å². The number of hydrogen-bond acceptors (Lipinski definition) is 5. The van der Waals surface area contributed by atoms with E-state index in [-0.39, 0.29) is 18.0 Å². The average Bonchev–Trinajstić information content (AvgIpc) is 2.68. The summed E-state index contributed by atoms with van der Waals surface area (Å²) >= 11 is 0. The fraction of sp³-hybridized carbons (Fsp3) is 0.650. The van der Waals surface area contributed by atoms with Gasteiger partial charge in [-0.1, -0.05) is 19.3 Å². The van der Waals surface area contributed by atoms with Gasteiger partial charge in [0.15, 0.2) is 0 Å². The summed E-state index contributed by atoms with van der Waals surface area (Å²) in [5.41, 5.74) is 0.494. The van der Waals surface area contributed by atoms with Crippen molar-refractivity contribution in [3.8, 4) is 0 Å². The zero-order valence-electron chi connectivity index (χ0n) is 15.8. The lowest BCUT2D eigenvalue weighted by atomic mass is 9.88.